The Balaban J connectivity index is 0.00000125. The number of benzene rings is 2. The van der Waals surface area contributed by atoms with Gasteiger partial charge in [0.2, 0.25) is 0 Å². The maximum absolute atomic E-state index is 12.9. The first kappa shape index (κ1) is 28.7. The van der Waals surface area contributed by atoms with Crippen LogP contribution in [0.25, 0.3) is 0 Å². The fourth-order valence-corrected chi connectivity index (χ4v) is 2.70. The average Bonchev–Trinajstić information content (AvgIpc) is 2.67. The van der Waals surface area contributed by atoms with Crippen molar-refractivity contribution < 1.29 is 55.1 Å². The van der Waals surface area contributed by atoms with E-state index < -0.39 is 54.2 Å². The van der Waals surface area contributed by atoms with Gasteiger partial charge in [-0.25, -0.2) is 4.57 Å². The Hall–Kier alpha value is -2.35. The molecule has 0 radical (unpaired) electrons. The first-order chi connectivity index (χ1) is 15.0. The molecule has 2 aromatic rings. The predicted molar refractivity (Wildman–Crippen MR) is 105 cm³/mol. The van der Waals surface area contributed by atoms with Gasteiger partial charge in [-0.15, -0.1) is 0 Å². The SMILES string of the molecule is NCCO.O=C(Nc1cc(C(F)(F)F)cc(C(F)(F)F)c1)c1cc(Cl)ccc1OP(=O)(O)O. The van der Waals surface area contributed by atoms with E-state index in [2.05, 4.69) is 4.52 Å². The molecule has 0 heterocycles. The van der Waals surface area contributed by atoms with Crippen molar-refractivity contribution in [2.24, 2.45) is 5.73 Å². The summed E-state index contributed by atoms with van der Waals surface area (Å²) in [6, 6.07) is 3.25. The van der Waals surface area contributed by atoms with Gasteiger partial charge < -0.3 is 20.7 Å². The zero-order valence-electron chi connectivity index (χ0n) is 16.1. The van der Waals surface area contributed by atoms with Gasteiger partial charge in [-0.05, 0) is 36.4 Å². The molecule has 8 nitrogen and oxygen atoms in total. The molecule has 0 saturated carbocycles. The summed E-state index contributed by atoms with van der Waals surface area (Å²) in [6.07, 6.45) is -10.3. The Kier molecular flexibility index (Phi) is 9.72. The van der Waals surface area contributed by atoms with Crippen molar-refractivity contribution in [2.75, 3.05) is 18.5 Å². The highest BCUT2D eigenvalue weighted by molar-refractivity contribution is 7.46. The van der Waals surface area contributed by atoms with Crippen LogP contribution in [-0.2, 0) is 16.9 Å². The molecule has 33 heavy (non-hydrogen) atoms. The second-order valence-electron chi connectivity index (χ2n) is 5.98. The zero-order chi connectivity index (χ0) is 25.6. The summed E-state index contributed by atoms with van der Waals surface area (Å²) in [5.74, 6) is -2.01. The third kappa shape index (κ3) is 9.58. The highest BCUT2D eigenvalue weighted by Crippen LogP contribution is 2.41. The van der Waals surface area contributed by atoms with E-state index in [-0.39, 0.29) is 29.8 Å². The van der Waals surface area contributed by atoms with Crippen LogP contribution in [0, 0.1) is 0 Å². The lowest BCUT2D eigenvalue weighted by Crippen LogP contribution is -2.16. The molecule has 184 valence electrons. The van der Waals surface area contributed by atoms with Gasteiger partial charge in [0.1, 0.15) is 5.75 Å². The van der Waals surface area contributed by atoms with Crippen molar-refractivity contribution >= 4 is 31.0 Å². The Morgan fingerprint density at radius 3 is 1.91 bits per heavy atom. The fraction of sp³-hybridized carbons (Fsp3) is 0.235. The molecule has 16 heteroatoms. The Labute approximate surface area is 187 Å². The summed E-state index contributed by atoms with van der Waals surface area (Å²) in [5.41, 5.74) is -0.0492. The number of carbonyl (C=O) groups is 1. The van der Waals surface area contributed by atoms with Crippen LogP contribution in [0.15, 0.2) is 36.4 Å². The number of rotatable bonds is 5. The number of alkyl halides is 6. The molecular formula is C17H16ClF6N2O6P. The minimum Gasteiger partial charge on any atom is -0.403 e. The molecule has 0 fully saturated rings. The molecule has 0 aliphatic heterocycles. The summed E-state index contributed by atoms with van der Waals surface area (Å²) < 4.78 is 92.6. The van der Waals surface area contributed by atoms with E-state index in [0.717, 1.165) is 18.2 Å². The lowest BCUT2D eigenvalue weighted by molar-refractivity contribution is -0.143. The van der Waals surface area contributed by atoms with E-state index in [1.165, 1.54) is 0 Å². The summed E-state index contributed by atoms with van der Waals surface area (Å²) >= 11 is 5.68. The molecule has 0 spiro atoms. The van der Waals surface area contributed by atoms with Crippen LogP contribution < -0.4 is 15.6 Å². The van der Waals surface area contributed by atoms with Crippen molar-refractivity contribution in [3.8, 4) is 5.75 Å². The number of amides is 1. The number of phosphoric ester groups is 1. The van der Waals surface area contributed by atoms with Crippen LogP contribution >= 0.6 is 19.4 Å². The first-order valence-electron chi connectivity index (χ1n) is 8.44. The maximum Gasteiger partial charge on any atom is 0.524 e. The second kappa shape index (κ2) is 11.2. The van der Waals surface area contributed by atoms with Crippen molar-refractivity contribution in [3.05, 3.63) is 58.1 Å². The normalized spacial score (nSPS) is 12.0. The van der Waals surface area contributed by atoms with Crippen LogP contribution in [-0.4, -0.2) is 34.0 Å². The maximum atomic E-state index is 12.9. The van der Waals surface area contributed by atoms with Gasteiger partial charge in [0.05, 0.1) is 23.3 Å². The molecule has 0 aromatic heterocycles. The Morgan fingerprint density at radius 1 is 1.03 bits per heavy atom. The molecule has 0 saturated heterocycles. The van der Waals surface area contributed by atoms with Gasteiger partial charge >= 0.3 is 20.2 Å². The second-order valence-corrected chi connectivity index (χ2v) is 7.58. The van der Waals surface area contributed by atoms with E-state index in [1.807, 2.05) is 0 Å². The van der Waals surface area contributed by atoms with Crippen LogP contribution in [0.4, 0.5) is 32.0 Å². The van der Waals surface area contributed by atoms with Crippen molar-refractivity contribution in [1.82, 2.24) is 0 Å². The number of aliphatic hydroxyl groups excluding tert-OH is 1. The quantitative estimate of drug-likeness (QED) is 0.293. The van der Waals surface area contributed by atoms with Crippen molar-refractivity contribution in [2.45, 2.75) is 12.4 Å². The standard InChI is InChI=1S/C15H9ClF6NO5P.C2H7NO/c16-9-1-2-12(28-29(25,26)27)11(6-9)13(24)23-10-4-7(14(17,18)19)3-8(5-10)15(20,21)22;3-1-2-4/h1-6H,(H,23,24)(H2,25,26,27);4H,1-3H2. The number of halogens is 7. The minimum absolute atomic E-state index is 0.0972. The molecule has 2 aromatic carbocycles. The van der Waals surface area contributed by atoms with Crippen molar-refractivity contribution in [1.29, 1.82) is 0 Å². The van der Waals surface area contributed by atoms with Crippen LogP contribution in [0.3, 0.4) is 0 Å². The van der Waals surface area contributed by atoms with E-state index >= 15 is 0 Å². The Morgan fingerprint density at radius 2 is 1.52 bits per heavy atom. The number of aliphatic hydroxyl groups is 1. The largest absolute Gasteiger partial charge is 0.524 e. The van der Waals surface area contributed by atoms with Gasteiger partial charge in [0.15, 0.2) is 0 Å². The third-order valence-electron chi connectivity index (χ3n) is 3.38. The molecule has 2 rings (SSSR count). The number of nitrogens with one attached hydrogen (secondary N) is 1. The number of hydrogen-bond acceptors (Lipinski definition) is 5. The molecule has 6 N–H and O–H groups in total. The lowest BCUT2D eigenvalue weighted by Gasteiger charge is -2.16. The van der Waals surface area contributed by atoms with Crippen LogP contribution in [0.1, 0.15) is 21.5 Å². The predicted octanol–water partition coefficient (Wildman–Crippen LogP) is 4.04. The number of carbonyl (C=O) groups excluding carboxylic acids is 1. The smallest absolute Gasteiger partial charge is 0.403 e. The number of hydrogen-bond donors (Lipinski definition) is 5. The molecule has 0 unspecified atom stereocenters. The van der Waals surface area contributed by atoms with E-state index in [9.17, 15) is 35.7 Å². The molecule has 0 atom stereocenters. The first-order valence-corrected chi connectivity index (χ1v) is 10.3. The minimum atomic E-state index is -5.13. The Bertz CT molecular complexity index is 994. The van der Waals surface area contributed by atoms with E-state index in [1.54, 1.807) is 5.32 Å². The summed E-state index contributed by atoms with van der Waals surface area (Å²) in [6.45, 7) is 0.472. The molecule has 0 aliphatic rings. The number of anilines is 1. The fourth-order valence-electron chi connectivity index (χ4n) is 2.11. The highest BCUT2D eigenvalue weighted by Gasteiger charge is 2.37. The van der Waals surface area contributed by atoms with Crippen LogP contribution in [0.5, 0.6) is 5.75 Å². The third-order valence-corrected chi connectivity index (χ3v) is 4.05. The van der Waals surface area contributed by atoms with Crippen molar-refractivity contribution in [3.63, 3.8) is 0 Å². The van der Waals surface area contributed by atoms with Gasteiger partial charge in [-0.2, -0.15) is 26.3 Å². The molecule has 0 aliphatic carbocycles. The van der Waals surface area contributed by atoms with E-state index in [0.29, 0.717) is 6.54 Å². The highest BCUT2D eigenvalue weighted by atomic mass is 35.5. The summed E-state index contributed by atoms with van der Waals surface area (Å²) in [7, 11) is -5.13. The number of nitrogens with two attached hydrogens (primary N) is 1. The lowest BCUT2D eigenvalue weighted by atomic mass is 10.1. The summed E-state index contributed by atoms with van der Waals surface area (Å²) in [4.78, 5) is 30.1. The number of phosphoric acid groups is 1. The average molecular weight is 525 g/mol. The van der Waals surface area contributed by atoms with Gasteiger partial charge in [-0.3, -0.25) is 14.6 Å². The topological polar surface area (TPSA) is 142 Å². The zero-order valence-corrected chi connectivity index (χ0v) is 17.8. The van der Waals surface area contributed by atoms with Gasteiger partial charge in [-0.1, -0.05) is 11.6 Å². The molecule has 0 bridgehead atoms. The summed E-state index contributed by atoms with van der Waals surface area (Å²) in [5, 5.41) is 9.44. The molecular weight excluding hydrogens is 509 g/mol. The van der Waals surface area contributed by atoms with Gasteiger partial charge in [0.25, 0.3) is 5.91 Å². The molecule has 1 amide bonds. The van der Waals surface area contributed by atoms with Gasteiger partial charge in [0, 0.05) is 17.3 Å². The van der Waals surface area contributed by atoms with Crippen LogP contribution in [0.2, 0.25) is 5.02 Å². The van der Waals surface area contributed by atoms with E-state index in [4.69, 9.17) is 32.2 Å². The monoisotopic (exact) mass is 524 g/mol.